The van der Waals surface area contributed by atoms with Gasteiger partial charge in [0, 0.05) is 25.8 Å². The first kappa shape index (κ1) is 11.8. The summed E-state index contributed by atoms with van der Waals surface area (Å²) in [5.41, 5.74) is -0.848. The van der Waals surface area contributed by atoms with E-state index in [0.29, 0.717) is 19.3 Å². The number of rotatable bonds is 1. The summed E-state index contributed by atoms with van der Waals surface area (Å²) in [5, 5.41) is 13.4. The van der Waals surface area contributed by atoms with E-state index < -0.39 is 5.72 Å². The highest BCUT2D eigenvalue weighted by Gasteiger charge is 2.40. The van der Waals surface area contributed by atoms with Crippen LogP contribution >= 0.6 is 12.4 Å². The van der Waals surface area contributed by atoms with Gasteiger partial charge in [0.25, 0.3) is 0 Å². The Bertz CT molecular complexity index is 217. The highest BCUT2D eigenvalue weighted by molar-refractivity contribution is 5.85. The Morgan fingerprint density at radius 2 is 2.00 bits per heavy atom. The lowest BCUT2D eigenvalue weighted by atomic mass is 10.0. The summed E-state index contributed by atoms with van der Waals surface area (Å²) in [6.45, 7) is 2.34. The third-order valence-electron chi connectivity index (χ3n) is 2.98. The third kappa shape index (κ3) is 2.02. The second-order valence-corrected chi connectivity index (χ2v) is 3.88. The highest BCUT2D eigenvalue weighted by atomic mass is 35.5. The summed E-state index contributed by atoms with van der Waals surface area (Å²) in [6.07, 6.45) is 2.84. The molecule has 5 heteroatoms. The SMILES string of the molecule is Cl.O=C1CCCN1C1(O)CCNCC1. The minimum atomic E-state index is -0.848. The zero-order valence-corrected chi connectivity index (χ0v) is 8.98. The van der Waals surface area contributed by atoms with Crippen molar-refractivity contribution in [1.82, 2.24) is 10.2 Å². The molecule has 2 N–H and O–H groups in total. The van der Waals surface area contributed by atoms with Crippen molar-refractivity contribution >= 4 is 18.3 Å². The van der Waals surface area contributed by atoms with E-state index in [-0.39, 0.29) is 18.3 Å². The number of likely N-dealkylation sites (tertiary alicyclic amines) is 1. The number of hydrogen-bond donors (Lipinski definition) is 2. The van der Waals surface area contributed by atoms with Crippen molar-refractivity contribution < 1.29 is 9.90 Å². The van der Waals surface area contributed by atoms with Gasteiger partial charge in [-0.25, -0.2) is 0 Å². The third-order valence-corrected chi connectivity index (χ3v) is 2.98. The van der Waals surface area contributed by atoms with Gasteiger partial charge >= 0.3 is 0 Å². The molecule has 0 aromatic carbocycles. The van der Waals surface area contributed by atoms with E-state index in [1.54, 1.807) is 4.90 Å². The van der Waals surface area contributed by atoms with E-state index in [2.05, 4.69) is 5.32 Å². The molecule has 0 aromatic rings. The minimum absolute atomic E-state index is 0. The van der Waals surface area contributed by atoms with E-state index >= 15 is 0 Å². The van der Waals surface area contributed by atoms with Gasteiger partial charge in [-0.3, -0.25) is 4.79 Å². The molecule has 0 atom stereocenters. The zero-order valence-electron chi connectivity index (χ0n) is 8.16. The Labute approximate surface area is 90.1 Å². The average Bonchev–Trinajstić information content (AvgIpc) is 2.53. The van der Waals surface area contributed by atoms with E-state index in [0.717, 1.165) is 26.1 Å². The molecule has 0 unspecified atom stereocenters. The maximum Gasteiger partial charge on any atom is 0.224 e. The summed E-state index contributed by atoms with van der Waals surface area (Å²) in [5.74, 6) is 0.115. The number of hydrogen-bond acceptors (Lipinski definition) is 3. The van der Waals surface area contributed by atoms with Crippen LogP contribution in [0.2, 0.25) is 0 Å². The molecule has 0 aromatic heterocycles. The lowest BCUT2D eigenvalue weighted by molar-refractivity contribution is -0.159. The summed E-state index contributed by atoms with van der Waals surface area (Å²) < 4.78 is 0. The standard InChI is InChI=1S/C9H16N2O2.ClH/c12-8-2-1-7-11(8)9(13)3-5-10-6-4-9;/h10,13H,1-7H2;1H. The van der Waals surface area contributed by atoms with Crippen molar-refractivity contribution in [2.45, 2.75) is 31.4 Å². The van der Waals surface area contributed by atoms with Crippen LogP contribution in [0.25, 0.3) is 0 Å². The first-order valence-corrected chi connectivity index (χ1v) is 4.96. The maximum absolute atomic E-state index is 11.4. The predicted molar refractivity (Wildman–Crippen MR) is 55.2 cm³/mol. The maximum atomic E-state index is 11.4. The molecule has 2 heterocycles. The number of amides is 1. The van der Waals surface area contributed by atoms with Crippen LogP contribution in [0.5, 0.6) is 0 Å². The second kappa shape index (κ2) is 4.47. The molecule has 14 heavy (non-hydrogen) atoms. The molecule has 2 aliphatic rings. The number of nitrogens with zero attached hydrogens (tertiary/aromatic N) is 1. The molecule has 2 saturated heterocycles. The topological polar surface area (TPSA) is 52.6 Å². The Balaban J connectivity index is 0.000000980. The van der Waals surface area contributed by atoms with Gasteiger partial charge in [0.05, 0.1) is 0 Å². The second-order valence-electron chi connectivity index (χ2n) is 3.88. The van der Waals surface area contributed by atoms with E-state index in [1.165, 1.54) is 0 Å². The number of carbonyl (C=O) groups is 1. The summed E-state index contributed by atoms with van der Waals surface area (Å²) in [6, 6.07) is 0. The largest absolute Gasteiger partial charge is 0.371 e. The van der Waals surface area contributed by atoms with Gasteiger partial charge in [-0.2, -0.15) is 0 Å². The Kier molecular flexibility index (Phi) is 3.75. The van der Waals surface area contributed by atoms with E-state index in [1.807, 2.05) is 0 Å². The average molecular weight is 221 g/mol. The fourth-order valence-electron chi connectivity index (χ4n) is 2.19. The molecule has 1 amide bonds. The number of halogens is 1. The molecule has 0 radical (unpaired) electrons. The molecule has 0 saturated carbocycles. The van der Waals surface area contributed by atoms with Gasteiger partial charge in [-0.05, 0) is 19.5 Å². The monoisotopic (exact) mass is 220 g/mol. The molecule has 2 fully saturated rings. The normalized spacial score (nSPS) is 26.1. The number of piperidine rings is 1. The van der Waals surface area contributed by atoms with Crippen LogP contribution in [0.4, 0.5) is 0 Å². The van der Waals surface area contributed by atoms with Crippen LogP contribution in [0.1, 0.15) is 25.7 Å². The van der Waals surface area contributed by atoms with Crippen LogP contribution in [-0.2, 0) is 4.79 Å². The molecule has 0 bridgehead atoms. The summed E-state index contributed by atoms with van der Waals surface area (Å²) in [4.78, 5) is 13.1. The molecular formula is C9H17ClN2O2. The van der Waals surface area contributed by atoms with Gasteiger partial charge in [0.1, 0.15) is 5.72 Å². The van der Waals surface area contributed by atoms with Gasteiger partial charge in [-0.1, -0.05) is 0 Å². The molecule has 2 rings (SSSR count). The first-order valence-electron chi connectivity index (χ1n) is 4.96. The summed E-state index contributed by atoms with van der Waals surface area (Å²) >= 11 is 0. The van der Waals surface area contributed by atoms with Gasteiger partial charge in [-0.15, -0.1) is 12.4 Å². The van der Waals surface area contributed by atoms with Gasteiger partial charge in [0.2, 0.25) is 5.91 Å². The lowest BCUT2D eigenvalue weighted by Gasteiger charge is -2.40. The Morgan fingerprint density at radius 3 is 2.50 bits per heavy atom. The van der Waals surface area contributed by atoms with Crippen LogP contribution in [0.3, 0.4) is 0 Å². The summed E-state index contributed by atoms with van der Waals surface area (Å²) in [7, 11) is 0. The molecule has 0 aliphatic carbocycles. The van der Waals surface area contributed by atoms with Crippen LogP contribution in [0, 0.1) is 0 Å². The fourth-order valence-corrected chi connectivity index (χ4v) is 2.19. The molecular weight excluding hydrogens is 204 g/mol. The van der Waals surface area contributed by atoms with Gasteiger partial charge < -0.3 is 15.3 Å². The van der Waals surface area contributed by atoms with Crippen molar-refractivity contribution in [2.75, 3.05) is 19.6 Å². The quantitative estimate of drug-likeness (QED) is 0.659. The highest BCUT2D eigenvalue weighted by Crippen LogP contribution is 2.27. The number of aliphatic hydroxyl groups is 1. The zero-order chi connectivity index (χ0) is 9.31. The first-order chi connectivity index (χ1) is 6.22. The molecule has 82 valence electrons. The van der Waals surface area contributed by atoms with E-state index in [4.69, 9.17) is 0 Å². The van der Waals surface area contributed by atoms with Crippen molar-refractivity contribution in [3.8, 4) is 0 Å². The van der Waals surface area contributed by atoms with Crippen molar-refractivity contribution in [2.24, 2.45) is 0 Å². The van der Waals surface area contributed by atoms with Crippen LogP contribution in [-0.4, -0.2) is 41.3 Å². The minimum Gasteiger partial charge on any atom is -0.371 e. The van der Waals surface area contributed by atoms with Crippen molar-refractivity contribution in [1.29, 1.82) is 0 Å². The van der Waals surface area contributed by atoms with Crippen LogP contribution in [0.15, 0.2) is 0 Å². The smallest absolute Gasteiger partial charge is 0.224 e. The van der Waals surface area contributed by atoms with Crippen molar-refractivity contribution in [3.63, 3.8) is 0 Å². The van der Waals surface area contributed by atoms with Crippen LogP contribution < -0.4 is 5.32 Å². The molecule has 0 spiro atoms. The lowest BCUT2D eigenvalue weighted by Crippen LogP contribution is -2.55. The molecule has 4 nitrogen and oxygen atoms in total. The Morgan fingerprint density at radius 1 is 1.36 bits per heavy atom. The van der Waals surface area contributed by atoms with E-state index in [9.17, 15) is 9.90 Å². The van der Waals surface area contributed by atoms with Gasteiger partial charge in [0.15, 0.2) is 0 Å². The Hall–Kier alpha value is -0.320. The fraction of sp³-hybridized carbons (Fsp3) is 0.889. The van der Waals surface area contributed by atoms with Crippen molar-refractivity contribution in [3.05, 3.63) is 0 Å². The predicted octanol–water partition coefficient (Wildman–Crippen LogP) is 0.103. The number of carbonyl (C=O) groups excluding carboxylic acids is 1. The number of nitrogens with one attached hydrogen (secondary N) is 1. The molecule has 2 aliphatic heterocycles.